The third-order valence-corrected chi connectivity index (χ3v) is 4.83. The van der Waals surface area contributed by atoms with Gasteiger partial charge in [-0.1, -0.05) is 30.3 Å². The number of rotatable bonds is 8. The van der Waals surface area contributed by atoms with Crippen molar-refractivity contribution in [2.24, 2.45) is 0 Å². The van der Waals surface area contributed by atoms with Crippen molar-refractivity contribution in [3.8, 4) is 0 Å². The normalized spacial score (nSPS) is 13.3. The highest BCUT2D eigenvalue weighted by Crippen LogP contribution is 2.24. The summed E-state index contributed by atoms with van der Waals surface area (Å²) in [7, 11) is 0. The smallest absolute Gasteiger partial charge is 0.229 e. The molecular formula is C22H27N7. The van der Waals surface area contributed by atoms with Gasteiger partial charge in [0.2, 0.25) is 17.8 Å². The number of aromatic nitrogens is 4. The molecule has 0 fully saturated rings. The van der Waals surface area contributed by atoms with E-state index in [1.807, 2.05) is 24.4 Å². The quantitative estimate of drug-likeness (QED) is 0.545. The molecule has 3 aromatic rings. The Morgan fingerprint density at radius 1 is 0.897 bits per heavy atom. The third-order valence-electron chi connectivity index (χ3n) is 4.83. The summed E-state index contributed by atoms with van der Waals surface area (Å²) in [6, 6.07) is 15.1. The van der Waals surface area contributed by atoms with Crippen LogP contribution in [0.2, 0.25) is 0 Å². The molecule has 29 heavy (non-hydrogen) atoms. The van der Waals surface area contributed by atoms with E-state index in [1.54, 1.807) is 0 Å². The van der Waals surface area contributed by atoms with E-state index in [4.69, 9.17) is 0 Å². The molecule has 2 aromatic heterocycles. The molecule has 0 saturated heterocycles. The number of nitrogens with zero attached hydrogens (tertiary/aromatic N) is 4. The number of pyridine rings is 1. The van der Waals surface area contributed by atoms with Crippen LogP contribution in [0.5, 0.6) is 0 Å². The van der Waals surface area contributed by atoms with Gasteiger partial charge in [-0.05, 0) is 49.9 Å². The largest absolute Gasteiger partial charge is 0.354 e. The van der Waals surface area contributed by atoms with Gasteiger partial charge in [0.15, 0.2) is 0 Å². The molecule has 0 atom stereocenters. The zero-order valence-corrected chi connectivity index (χ0v) is 16.9. The Labute approximate surface area is 171 Å². The van der Waals surface area contributed by atoms with E-state index in [9.17, 15) is 0 Å². The van der Waals surface area contributed by atoms with Crippen LogP contribution in [0.25, 0.3) is 0 Å². The lowest BCUT2D eigenvalue weighted by molar-refractivity contribution is 0.758. The van der Waals surface area contributed by atoms with Crippen molar-refractivity contribution in [3.05, 3.63) is 65.5 Å². The van der Waals surface area contributed by atoms with Gasteiger partial charge in [0.25, 0.3) is 0 Å². The molecule has 1 aliphatic rings. The number of nitrogens with one attached hydrogen (secondary N) is 3. The monoisotopic (exact) mass is 389 g/mol. The van der Waals surface area contributed by atoms with E-state index in [2.05, 4.69) is 74.0 Å². The van der Waals surface area contributed by atoms with Crippen LogP contribution >= 0.6 is 0 Å². The first-order valence-corrected chi connectivity index (χ1v) is 10.2. The SMILES string of the molecule is CC(C)Nc1nc(NCCc2ccccn2)nc(NC2Cc3ccccc3C2)n1. The Kier molecular flexibility index (Phi) is 5.84. The fraction of sp³-hybridized carbons (Fsp3) is 0.364. The topological polar surface area (TPSA) is 87.7 Å². The number of anilines is 3. The highest BCUT2D eigenvalue weighted by atomic mass is 15.3. The Balaban J connectivity index is 1.44. The van der Waals surface area contributed by atoms with Gasteiger partial charge in [-0.3, -0.25) is 4.98 Å². The predicted molar refractivity (Wildman–Crippen MR) is 116 cm³/mol. The Bertz CT molecular complexity index is 918. The highest BCUT2D eigenvalue weighted by molar-refractivity contribution is 5.45. The lowest BCUT2D eigenvalue weighted by atomic mass is 10.1. The summed E-state index contributed by atoms with van der Waals surface area (Å²) in [5.41, 5.74) is 3.83. The fourth-order valence-corrected chi connectivity index (χ4v) is 3.53. The predicted octanol–water partition coefficient (Wildman–Crippen LogP) is 3.32. The van der Waals surface area contributed by atoms with Crippen LogP contribution < -0.4 is 16.0 Å². The Morgan fingerprint density at radius 2 is 1.59 bits per heavy atom. The molecule has 7 heteroatoms. The van der Waals surface area contributed by atoms with Crippen molar-refractivity contribution < 1.29 is 0 Å². The standard InChI is InChI=1S/C22H27N7/c1-15(2)25-21-27-20(24-12-10-18-9-5-6-11-23-18)28-22(29-21)26-19-13-16-7-3-4-8-17(16)14-19/h3-9,11,15,19H,10,12-14H2,1-2H3,(H3,24,25,26,27,28,29). The molecule has 0 unspecified atom stereocenters. The van der Waals surface area contributed by atoms with E-state index < -0.39 is 0 Å². The van der Waals surface area contributed by atoms with Crippen LogP contribution in [-0.4, -0.2) is 38.6 Å². The van der Waals surface area contributed by atoms with Crippen LogP contribution in [0, 0.1) is 0 Å². The molecule has 0 saturated carbocycles. The van der Waals surface area contributed by atoms with Crippen LogP contribution in [0.15, 0.2) is 48.7 Å². The molecule has 2 heterocycles. The zero-order chi connectivity index (χ0) is 20.1. The van der Waals surface area contributed by atoms with Gasteiger partial charge >= 0.3 is 0 Å². The van der Waals surface area contributed by atoms with Crippen molar-refractivity contribution >= 4 is 17.8 Å². The first-order chi connectivity index (χ1) is 14.2. The number of fused-ring (bicyclic) bond motifs is 1. The molecule has 0 bridgehead atoms. The minimum absolute atomic E-state index is 0.238. The average molecular weight is 390 g/mol. The summed E-state index contributed by atoms with van der Waals surface area (Å²) < 4.78 is 0. The van der Waals surface area contributed by atoms with Crippen LogP contribution in [0.3, 0.4) is 0 Å². The van der Waals surface area contributed by atoms with E-state index in [1.165, 1.54) is 11.1 Å². The van der Waals surface area contributed by atoms with Crippen molar-refractivity contribution in [2.75, 3.05) is 22.5 Å². The van der Waals surface area contributed by atoms with E-state index in [0.29, 0.717) is 30.4 Å². The minimum atomic E-state index is 0.238. The van der Waals surface area contributed by atoms with E-state index in [-0.39, 0.29) is 6.04 Å². The summed E-state index contributed by atoms with van der Waals surface area (Å²) in [4.78, 5) is 18.0. The number of hydrogen-bond acceptors (Lipinski definition) is 7. The van der Waals surface area contributed by atoms with Gasteiger partial charge in [-0.15, -0.1) is 0 Å². The van der Waals surface area contributed by atoms with Crippen LogP contribution in [0.1, 0.15) is 30.7 Å². The molecule has 0 aliphatic heterocycles. The molecule has 7 nitrogen and oxygen atoms in total. The zero-order valence-electron chi connectivity index (χ0n) is 16.9. The number of hydrogen-bond donors (Lipinski definition) is 3. The summed E-state index contributed by atoms with van der Waals surface area (Å²) in [6.45, 7) is 4.84. The average Bonchev–Trinajstić information content (AvgIpc) is 3.10. The van der Waals surface area contributed by atoms with E-state index in [0.717, 1.165) is 25.0 Å². The first-order valence-electron chi connectivity index (χ1n) is 10.2. The Hall–Kier alpha value is -3.22. The molecule has 150 valence electrons. The van der Waals surface area contributed by atoms with Crippen molar-refractivity contribution in [1.82, 2.24) is 19.9 Å². The van der Waals surface area contributed by atoms with Crippen molar-refractivity contribution in [1.29, 1.82) is 0 Å². The summed E-state index contributed by atoms with van der Waals surface area (Å²) in [6.07, 6.45) is 4.58. The second-order valence-electron chi connectivity index (χ2n) is 7.62. The van der Waals surface area contributed by atoms with Gasteiger partial charge in [0.05, 0.1) is 0 Å². The lowest BCUT2D eigenvalue weighted by Gasteiger charge is -2.15. The van der Waals surface area contributed by atoms with Gasteiger partial charge in [-0.2, -0.15) is 15.0 Å². The van der Waals surface area contributed by atoms with Crippen molar-refractivity contribution in [3.63, 3.8) is 0 Å². The maximum absolute atomic E-state index is 4.59. The van der Waals surface area contributed by atoms with Gasteiger partial charge in [-0.25, -0.2) is 0 Å². The maximum Gasteiger partial charge on any atom is 0.229 e. The molecule has 0 radical (unpaired) electrons. The van der Waals surface area contributed by atoms with Crippen molar-refractivity contribution in [2.45, 2.75) is 45.2 Å². The van der Waals surface area contributed by atoms with Gasteiger partial charge in [0.1, 0.15) is 0 Å². The second kappa shape index (κ2) is 8.86. The summed E-state index contributed by atoms with van der Waals surface area (Å²) in [5, 5.41) is 10.1. The molecular weight excluding hydrogens is 362 g/mol. The number of benzene rings is 1. The van der Waals surface area contributed by atoms with E-state index >= 15 is 0 Å². The molecule has 0 amide bonds. The molecule has 3 N–H and O–H groups in total. The first kappa shape index (κ1) is 19.1. The minimum Gasteiger partial charge on any atom is -0.354 e. The molecule has 4 rings (SSSR count). The van der Waals surface area contributed by atoms with Crippen LogP contribution in [-0.2, 0) is 19.3 Å². The maximum atomic E-state index is 4.59. The fourth-order valence-electron chi connectivity index (χ4n) is 3.53. The second-order valence-corrected chi connectivity index (χ2v) is 7.62. The summed E-state index contributed by atoms with van der Waals surface area (Å²) in [5.74, 6) is 1.74. The summed E-state index contributed by atoms with van der Waals surface area (Å²) >= 11 is 0. The molecule has 0 spiro atoms. The van der Waals surface area contributed by atoms with Gasteiger partial charge in [0, 0.05) is 36.9 Å². The molecule has 1 aliphatic carbocycles. The Morgan fingerprint density at radius 3 is 2.28 bits per heavy atom. The molecule has 1 aromatic carbocycles. The third kappa shape index (κ3) is 5.19. The lowest BCUT2D eigenvalue weighted by Crippen LogP contribution is -2.23. The van der Waals surface area contributed by atoms with Crippen LogP contribution in [0.4, 0.5) is 17.8 Å². The van der Waals surface area contributed by atoms with Gasteiger partial charge < -0.3 is 16.0 Å². The highest BCUT2D eigenvalue weighted by Gasteiger charge is 2.22.